The average molecular weight is 520 g/mol. The molecule has 2 amide bonds. The molecule has 0 unspecified atom stereocenters. The summed E-state index contributed by atoms with van der Waals surface area (Å²) in [7, 11) is -3.82. The summed E-state index contributed by atoms with van der Waals surface area (Å²) >= 11 is 6.27. The lowest BCUT2D eigenvalue weighted by Crippen LogP contribution is -2.54. The number of halogens is 1. The van der Waals surface area contributed by atoms with Crippen LogP contribution in [0.25, 0.3) is 0 Å². The molecule has 0 radical (unpaired) electrons. The molecule has 0 spiro atoms. The smallest absolute Gasteiger partial charge is 0.244 e. The second-order valence-corrected chi connectivity index (χ2v) is 11.3. The van der Waals surface area contributed by atoms with Crippen molar-refractivity contribution in [3.05, 3.63) is 65.2 Å². The Morgan fingerprint density at radius 3 is 2.26 bits per heavy atom. The third kappa shape index (κ3) is 7.45. The normalized spacial score (nSPS) is 15.3. The Balaban J connectivity index is 1.90. The number of hydrogen-bond acceptors (Lipinski definition) is 4. The Hall–Kier alpha value is -2.58. The highest BCUT2D eigenvalue weighted by Gasteiger charge is 2.33. The Morgan fingerprint density at radius 1 is 1.03 bits per heavy atom. The maximum absolute atomic E-state index is 13.7. The van der Waals surface area contributed by atoms with Gasteiger partial charge < -0.3 is 10.2 Å². The van der Waals surface area contributed by atoms with Gasteiger partial charge in [-0.25, -0.2) is 8.42 Å². The predicted molar refractivity (Wildman–Crippen MR) is 140 cm³/mol. The van der Waals surface area contributed by atoms with Crippen LogP contribution >= 0.6 is 11.6 Å². The van der Waals surface area contributed by atoms with E-state index < -0.39 is 28.5 Å². The van der Waals surface area contributed by atoms with E-state index >= 15 is 0 Å². The molecule has 2 aromatic rings. The molecule has 0 bridgehead atoms. The van der Waals surface area contributed by atoms with Crippen molar-refractivity contribution in [3.63, 3.8) is 0 Å². The Kier molecular flexibility index (Phi) is 9.57. The fourth-order valence-electron chi connectivity index (χ4n) is 4.49. The zero-order valence-electron chi connectivity index (χ0n) is 20.3. The van der Waals surface area contributed by atoms with E-state index in [2.05, 4.69) is 5.32 Å². The van der Waals surface area contributed by atoms with Crippen molar-refractivity contribution >= 4 is 39.1 Å². The van der Waals surface area contributed by atoms with Crippen molar-refractivity contribution < 1.29 is 18.0 Å². The average Bonchev–Trinajstić information content (AvgIpc) is 2.83. The summed E-state index contributed by atoms with van der Waals surface area (Å²) in [6.45, 7) is 1.60. The molecule has 3 rings (SSSR count). The summed E-state index contributed by atoms with van der Waals surface area (Å²) in [4.78, 5) is 28.5. The topological polar surface area (TPSA) is 86.8 Å². The zero-order chi connectivity index (χ0) is 25.4. The van der Waals surface area contributed by atoms with Crippen LogP contribution < -0.4 is 9.62 Å². The van der Waals surface area contributed by atoms with Crippen LogP contribution in [0.3, 0.4) is 0 Å². The lowest BCUT2D eigenvalue weighted by atomic mass is 9.95. The summed E-state index contributed by atoms with van der Waals surface area (Å²) in [5, 5.41) is 3.35. The predicted octanol–water partition coefficient (Wildman–Crippen LogP) is 4.36. The van der Waals surface area contributed by atoms with Crippen LogP contribution in [0.2, 0.25) is 5.02 Å². The molecular weight excluding hydrogens is 486 g/mol. The van der Waals surface area contributed by atoms with Gasteiger partial charge in [-0.15, -0.1) is 0 Å². The van der Waals surface area contributed by atoms with E-state index in [1.807, 2.05) is 37.3 Å². The first-order chi connectivity index (χ1) is 16.7. The molecule has 1 N–H and O–H groups in total. The number of amides is 2. The van der Waals surface area contributed by atoms with Crippen molar-refractivity contribution in [1.29, 1.82) is 0 Å². The van der Waals surface area contributed by atoms with Gasteiger partial charge in [0.05, 0.1) is 17.0 Å². The lowest BCUT2D eigenvalue weighted by Gasteiger charge is -2.34. The van der Waals surface area contributed by atoms with Crippen LogP contribution in [0.1, 0.15) is 51.0 Å². The molecule has 1 aliphatic carbocycles. The van der Waals surface area contributed by atoms with E-state index in [4.69, 9.17) is 11.6 Å². The van der Waals surface area contributed by atoms with Crippen LogP contribution in [0.15, 0.2) is 54.6 Å². The number of para-hydroxylation sites is 1. The minimum absolute atomic E-state index is 0.106. The summed E-state index contributed by atoms with van der Waals surface area (Å²) < 4.78 is 26.3. The number of anilines is 1. The van der Waals surface area contributed by atoms with Gasteiger partial charge in [0, 0.05) is 12.6 Å². The largest absolute Gasteiger partial charge is 0.352 e. The number of nitrogens with zero attached hydrogens (tertiary/aromatic N) is 2. The minimum atomic E-state index is -3.82. The van der Waals surface area contributed by atoms with Crippen LogP contribution in [0.5, 0.6) is 0 Å². The first kappa shape index (κ1) is 27.0. The number of rotatable bonds is 10. The summed E-state index contributed by atoms with van der Waals surface area (Å²) in [5.74, 6) is -0.669. The van der Waals surface area contributed by atoms with Gasteiger partial charge in [0.2, 0.25) is 21.8 Å². The van der Waals surface area contributed by atoms with E-state index in [0.29, 0.717) is 6.42 Å². The van der Waals surface area contributed by atoms with E-state index in [1.54, 1.807) is 24.3 Å². The summed E-state index contributed by atoms with van der Waals surface area (Å²) in [6.07, 6.45) is 6.64. The van der Waals surface area contributed by atoms with Gasteiger partial charge in [0.1, 0.15) is 12.6 Å². The highest BCUT2D eigenvalue weighted by Crippen LogP contribution is 2.27. The van der Waals surface area contributed by atoms with Crippen LogP contribution in [-0.4, -0.2) is 50.0 Å². The van der Waals surface area contributed by atoms with Crippen molar-refractivity contribution in [2.45, 2.75) is 64.1 Å². The fourth-order valence-corrected chi connectivity index (χ4v) is 5.64. The molecule has 1 aliphatic rings. The van der Waals surface area contributed by atoms with Gasteiger partial charge in [0.15, 0.2) is 0 Å². The van der Waals surface area contributed by atoms with Crippen LogP contribution in [0, 0.1) is 0 Å². The molecule has 0 saturated heterocycles. The molecular formula is C26H34ClN3O4S. The highest BCUT2D eigenvalue weighted by molar-refractivity contribution is 7.92. The van der Waals surface area contributed by atoms with Crippen LogP contribution in [0.4, 0.5) is 5.69 Å². The van der Waals surface area contributed by atoms with Crippen molar-refractivity contribution in [2.75, 3.05) is 17.1 Å². The molecule has 35 heavy (non-hydrogen) atoms. The maximum atomic E-state index is 13.7. The molecule has 0 heterocycles. The van der Waals surface area contributed by atoms with E-state index in [9.17, 15) is 18.0 Å². The highest BCUT2D eigenvalue weighted by atomic mass is 35.5. The lowest BCUT2D eigenvalue weighted by molar-refractivity contribution is -0.140. The van der Waals surface area contributed by atoms with Crippen molar-refractivity contribution in [1.82, 2.24) is 10.2 Å². The first-order valence-electron chi connectivity index (χ1n) is 12.1. The molecule has 0 aromatic heterocycles. The summed E-state index contributed by atoms with van der Waals surface area (Å²) in [5.41, 5.74) is 1.08. The first-order valence-corrected chi connectivity index (χ1v) is 14.3. The Labute approximate surface area is 213 Å². The molecule has 190 valence electrons. The maximum Gasteiger partial charge on any atom is 0.244 e. The molecule has 1 saturated carbocycles. The van der Waals surface area contributed by atoms with Gasteiger partial charge in [-0.1, -0.05) is 80.3 Å². The van der Waals surface area contributed by atoms with Gasteiger partial charge in [0.25, 0.3) is 0 Å². The number of carbonyl (C=O) groups is 2. The number of sulfonamides is 1. The van der Waals surface area contributed by atoms with Crippen molar-refractivity contribution in [3.8, 4) is 0 Å². The molecule has 2 aromatic carbocycles. The Bertz CT molecular complexity index is 1100. The standard InChI is InChI=1S/C26H34ClN3O4S/c1-3-23(26(32)28-21-14-8-5-9-15-21)29(18-20-12-6-4-7-13-20)25(31)19-30(35(2,33)34)24-17-11-10-16-22(24)27/h4,6-7,10-13,16-17,21,23H,3,5,8-9,14-15,18-19H2,1-2H3,(H,28,32)/t23-/m1/s1. The van der Waals surface area contributed by atoms with E-state index in [0.717, 1.165) is 41.8 Å². The number of carbonyl (C=O) groups excluding carboxylic acids is 2. The molecule has 1 atom stereocenters. The summed E-state index contributed by atoms with van der Waals surface area (Å²) in [6, 6.07) is 15.3. The van der Waals surface area contributed by atoms with E-state index in [1.165, 1.54) is 11.3 Å². The quantitative estimate of drug-likeness (QED) is 0.505. The van der Waals surface area contributed by atoms with Gasteiger partial charge >= 0.3 is 0 Å². The van der Waals surface area contributed by atoms with Gasteiger partial charge in [-0.05, 0) is 37.0 Å². The molecule has 0 aliphatic heterocycles. The van der Waals surface area contributed by atoms with Crippen molar-refractivity contribution in [2.24, 2.45) is 0 Å². The SMILES string of the molecule is CC[C@H](C(=O)NC1CCCCC1)N(Cc1ccccc1)C(=O)CN(c1ccccc1Cl)S(C)(=O)=O. The molecule has 7 nitrogen and oxygen atoms in total. The van der Waals surface area contributed by atoms with Gasteiger partial charge in [-0.3, -0.25) is 13.9 Å². The third-order valence-electron chi connectivity index (χ3n) is 6.33. The monoisotopic (exact) mass is 519 g/mol. The minimum Gasteiger partial charge on any atom is -0.352 e. The van der Waals surface area contributed by atoms with E-state index in [-0.39, 0.29) is 29.2 Å². The second kappa shape index (κ2) is 12.4. The number of hydrogen-bond donors (Lipinski definition) is 1. The molecule has 1 fully saturated rings. The Morgan fingerprint density at radius 2 is 1.66 bits per heavy atom. The third-order valence-corrected chi connectivity index (χ3v) is 7.78. The van der Waals surface area contributed by atoms with Gasteiger partial charge in [-0.2, -0.15) is 0 Å². The fraction of sp³-hybridized carbons (Fsp3) is 0.462. The zero-order valence-corrected chi connectivity index (χ0v) is 21.9. The number of nitrogens with one attached hydrogen (secondary N) is 1. The number of benzene rings is 2. The van der Waals surface area contributed by atoms with Crippen LogP contribution in [-0.2, 0) is 26.2 Å². The second-order valence-electron chi connectivity index (χ2n) is 9.00. The molecule has 9 heteroatoms.